The SMILES string of the molecule is CCN1CCN(C(=O)NC(C(=O)NC2C(=O)N3C2SC(C)(CBr)C3C(=O)O)c2ccccc2)C(=O)C1=O. The Morgan fingerprint density at radius 2 is 1.84 bits per heavy atom. The van der Waals surface area contributed by atoms with Crippen LogP contribution in [0.4, 0.5) is 4.79 Å². The number of rotatable bonds is 7. The summed E-state index contributed by atoms with van der Waals surface area (Å²) in [7, 11) is 0. The number of fused-ring (bicyclic) bond motifs is 1. The molecule has 3 heterocycles. The fourth-order valence-electron chi connectivity index (χ4n) is 4.69. The van der Waals surface area contributed by atoms with Crippen LogP contribution in [0, 0.1) is 0 Å². The molecule has 1 aromatic rings. The van der Waals surface area contributed by atoms with Crippen LogP contribution in [0.15, 0.2) is 30.3 Å². The summed E-state index contributed by atoms with van der Waals surface area (Å²) < 4.78 is -0.799. The van der Waals surface area contributed by atoms with E-state index in [2.05, 4.69) is 26.6 Å². The van der Waals surface area contributed by atoms with Gasteiger partial charge in [-0.3, -0.25) is 24.1 Å². The van der Waals surface area contributed by atoms with Crippen LogP contribution in [0.25, 0.3) is 0 Å². The second kappa shape index (κ2) is 10.3. The van der Waals surface area contributed by atoms with E-state index in [1.165, 1.54) is 21.6 Å². The van der Waals surface area contributed by atoms with Crippen LogP contribution in [0.3, 0.4) is 0 Å². The van der Waals surface area contributed by atoms with Crippen LogP contribution in [0.5, 0.6) is 0 Å². The molecule has 3 aliphatic heterocycles. The minimum Gasteiger partial charge on any atom is -0.480 e. The zero-order valence-electron chi connectivity index (χ0n) is 20.0. The molecular formula is C23H26BrN5O7S. The van der Waals surface area contributed by atoms with E-state index in [-0.39, 0.29) is 13.1 Å². The Kier molecular flexibility index (Phi) is 7.51. The number of urea groups is 1. The van der Waals surface area contributed by atoms with Gasteiger partial charge in [-0.05, 0) is 19.4 Å². The topological polar surface area (TPSA) is 156 Å². The lowest BCUT2D eigenvalue weighted by Gasteiger charge is -2.44. The van der Waals surface area contributed by atoms with Crippen molar-refractivity contribution in [1.29, 1.82) is 0 Å². The first-order chi connectivity index (χ1) is 17.5. The highest BCUT2D eigenvalue weighted by molar-refractivity contribution is 9.09. The van der Waals surface area contributed by atoms with Gasteiger partial charge in [-0.2, -0.15) is 0 Å². The molecule has 198 valence electrons. The van der Waals surface area contributed by atoms with E-state index in [1.807, 2.05) is 0 Å². The maximum absolute atomic E-state index is 13.4. The molecule has 5 unspecified atom stereocenters. The number of β-lactam (4-membered cyclic amide) rings is 1. The molecule has 5 atom stereocenters. The third-order valence-corrected chi connectivity index (χ3v) is 9.90. The number of carbonyl (C=O) groups is 6. The van der Waals surface area contributed by atoms with E-state index in [1.54, 1.807) is 44.2 Å². The number of amides is 6. The largest absolute Gasteiger partial charge is 0.480 e. The molecule has 0 aromatic heterocycles. The van der Waals surface area contributed by atoms with Crippen molar-refractivity contribution in [3.05, 3.63) is 35.9 Å². The Morgan fingerprint density at radius 1 is 1.16 bits per heavy atom. The van der Waals surface area contributed by atoms with E-state index >= 15 is 0 Å². The predicted octanol–water partition coefficient (Wildman–Crippen LogP) is 0.135. The molecule has 1 aromatic carbocycles. The fraction of sp³-hybridized carbons (Fsp3) is 0.478. The van der Waals surface area contributed by atoms with Gasteiger partial charge in [0.15, 0.2) is 0 Å². The summed E-state index contributed by atoms with van der Waals surface area (Å²) in [6.45, 7) is 3.95. The summed E-state index contributed by atoms with van der Waals surface area (Å²) in [6, 6.07) is 4.04. The van der Waals surface area contributed by atoms with Crippen LogP contribution >= 0.6 is 27.7 Å². The lowest BCUT2D eigenvalue weighted by atomic mass is 9.95. The zero-order valence-corrected chi connectivity index (χ0v) is 22.5. The van der Waals surface area contributed by atoms with E-state index in [0.29, 0.717) is 17.4 Å². The standard InChI is InChI=1S/C23H26BrN5O7S/c1-3-27-9-10-28(19(33)18(27)32)22(36)26-13(12-7-5-4-6-8-12)16(30)25-14-17(31)29-15(21(34)35)23(2,11-24)37-20(14)29/h4-8,13-15,20H,3,9-11H2,1-2H3,(H,25,30)(H,26,36)(H,34,35). The summed E-state index contributed by atoms with van der Waals surface area (Å²) in [6.07, 6.45) is 0. The van der Waals surface area contributed by atoms with Gasteiger partial charge in [0.25, 0.3) is 0 Å². The number of halogens is 1. The molecular weight excluding hydrogens is 570 g/mol. The van der Waals surface area contributed by atoms with Crippen LogP contribution in [-0.4, -0.2) is 103 Å². The highest BCUT2D eigenvalue weighted by Crippen LogP contribution is 2.51. The first-order valence-electron chi connectivity index (χ1n) is 11.6. The number of aliphatic carboxylic acids is 1. The molecule has 3 fully saturated rings. The predicted molar refractivity (Wildman–Crippen MR) is 135 cm³/mol. The number of benzene rings is 1. The summed E-state index contributed by atoms with van der Waals surface area (Å²) in [4.78, 5) is 79.2. The summed E-state index contributed by atoms with van der Waals surface area (Å²) in [5, 5.41) is 14.6. The molecule has 0 radical (unpaired) electrons. The Hall–Kier alpha value is -3.13. The minimum absolute atomic E-state index is 0.0239. The molecule has 4 rings (SSSR count). The smallest absolute Gasteiger partial charge is 0.327 e. The van der Waals surface area contributed by atoms with Crippen molar-refractivity contribution in [2.75, 3.05) is 25.0 Å². The summed E-state index contributed by atoms with van der Waals surface area (Å²) in [5.41, 5.74) is 0.399. The van der Waals surface area contributed by atoms with Gasteiger partial charge in [-0.1, -0.05) is 46.3 Å². The molecule has 3 saturated heterocycles. The first-order valence-corrected chi connectivity index (χ1v) is 13.6. The van der Waals surface area contributed by atoms with Crippen molar-refractivity contribution in [3.8, 4) is 0 Å². The van der Waals surface area contributed by atoms with Gasteiger partial charge < -0.3 is 25.5 Å². The van der Waals surface area contributed by atoms with E-state index in [9.17, 15) is 33.9 Å². The van der Waals surface area contributed by atoms with Gasteiger partial charge in [0.05, 0.1) is 4.75 Å². The number of carboxylic acid groups (broad SMARTS) is 1. The van der Waals surface area contributed by atoms with Gasteiger partial charge in [-0.15, -0.1) is 11.8 Å². The number of nitrogens with zero attached hydrogens (tertiary/aromatic N) is 3. The number of likely N-dealkylation sites (N-methyl/N-ethyl adjacent to an activating group) is 1. The van der Waals surface area contributed by atoms with Gasteiger partial charge >= 0.3 is 23.8 Å². The molecule has 3 N–H and O–H groups in total. The maximum atomic E-state index is 13.4. The average molecular weight is 596 g/mol. The first kappa shape index (κ1) is 26.9. The van der Waals surface area contributed by atoms with Crippen molar-refractivity contribution in [3.63, 3.8) is 0 Å². The summed E-state index contributed by atoms with van der Waals surface area (Å²) >= 11 is 4.61. The normalized spacial score (nSPS) is 27.9. The van der Waals surface area contributed by atoms with Crippen LogP contribution in [0.1, 0.15) is 25.5 Å². The number of thioether (sulfide) groups is 1. The van der Waals surface area contributed by atoms with Gasteiger partial charge in [0.2, 0.25) is 11.8 Å². The lowest BCUT2D eigenvalue weighted by Crippen LogP contribution is -2.71. The quantitative estimate of drug-likeness (QED) is 0.228. The highest BCUT2D eigenvalue weighted by atomic mass is 79.9. The Bertz CT molecular complexity index is 1150. The molecule has 3 aliphatic rings. The number of alkyl halides is 1. The van der Waals surface area contributed by atoms with Crippen LogP contribution in [0.2, 0.25) is 0 Å². The third kappa shape index (κ3) is 4.67. The molecule has 12 nitrogen and oxygen atoms in total. The van der Waals surface area contributed by atoms with Crippen LogP contribution in [-0.2, 0) is 24.0 Å². The van der Waals surface area contributed by atoms with Crippen LogP contribution < -0.4 is 10.6 Å². The number of imide groups is 1. The molecule has 0 aliphatic carbocycles. The third-order valence-electron chi connectivity index (χ3n) is 6.72. The number of hydrogen-bond donors (Lipinski definition) is 3. The van der Waals surface area contributed by atoms with Gasteiger partial charge in [0.1, 0.15) is 23.5 Å². The number of hydrogen-bond acceptors (Lipinski definition) is 7. The van der Waals surface area contributed by atoms with Crippen molar-refractivity contribution in [2.45, 2.75) is 42.1 Å². The van der Waals surface area contributed by atoms with Crippen molar-refractivity contribution >= 4 is 63.3 Å². The summed E-state index contributed by atoms with van der Waals surface area (Å²) in [5.74, 6) is -4.16. The molecule has 0 saturated carbocycles. The molecule has 14 heteroatoms. The van der Waals surface area contributed by atoms with E-state index in [0.717, 1.165) is 4.90 Å². The van der Waals surface area contributed by atoms with E-state index in [4.69, 9.17) is 0 Å². The second-order valence-electron chi connectivity index (χ2n) is 9.06. The maximum Gasteiger partial charge on any atom is 0.327 e. The monoisotopic (exact) mass is 595 g/mol. The molecule has 6 amide bonds. The minimum atomic E-state index is -1.27. The zero-order chi connectivity index (χ0) is 27.1. The fourth-order valence-corrected chi connectivity index (χ4v) is 7.01. The average Bonchev–Trinajstić information content (AvgIpc) is 3.18. The second-order valence-corrected chi connectivity index (χ2v) is 11.3. The number of nitrogens with one attached hydrogen (secondary N) is 2. The Morgan fingerprint density at radius 3 is 2.43 bits per heavy atom. The van der Waals surface area contributed by atoms with Crippen molar-refractivity contribution in [2.24, 2.45) is 0 Å². The molecule has 37 heavy (non-hydrogen) atoms. The Labute approximate surface area is 225 Å². The number of carboxylic acids is 1. The number of piperazine rings is 1. The Balaban J connectivity index is 1.52. The van der Waals surface area contributed by atoms with Crippen molar-refractivity contribution in [1.82, 2.24) is 25.3 Å². The van der Waals surface area contributed by atoms with Crippen molar-refractivity contribution < 1.29 is 33.9 Å². The highest BCUT2D eigenvalue weighted by Gasteiger charge is 2.65. The molecule has 0 spiro atoms. The molecule has 0 bridgehead atoms. The lowest BCUT2D eigenvalue weighted by molar-refractivity contribution is -0.161. The van der Waals surface area contributed by atoms with Gasteiger partial charge in [-0.25, -0.2) is 9.59 Å². The van der Waals surface area contributed by atoms with Gasteiger partial charge in [0, 0.05) is 25.0 Å². The van der Waals surface area contributed by atoms with E-state index < -0.39 is 63.9 Å². The number of carbonyl (C=O) groups excluding carboxylic acids is 5.